The third kappa shape index (κ3) is 3.54. The Bertz CT molecular complexity index is 516. The smallest absolute Gasteiger partial charge is 0.335 e. The number of nitrogens with zero attached hydrogens (tertiary/aromatic N) is 2. The lowest BCUT2D eigenvalue weighted by Gasteiger charge is -2.23. The molecule has 0 spiro atoms. The number of carboxylic acid groups (broad SMARTS) is 1. The minimum Gasteiger partial charge on any atom is -0.496 e. The summed E-state index contributed by atoms with van der Waals surface area (Å²) < 4.78 is 5.36. The summed E-state index contributed by atoms with van der Waals surface area (Å²) in [6.07, 6.45) is 0. The van der Waals surface area contributed by atoms with Crippen LogP contribution in [0.3, 0.4) is 0 Å². The van der Waals surface area contributed by atoms with Crippen molar-refractivity contribution in [2.45, 2.75) is 19.5 Å². The maximum Gasteiger partial charge on any atom is 0.335 e. The quantitative estimate of drug-likeness (QED) is 0.896. The highest BCUT2D eigenvalue weighted by Crippen LogP contribution is 2.26. The number of likely N-dealkylation sites (N-methyl/N-ethyl adjacent to an activating group) is 1. The highest BCUT2D eigenvalue weighted by atomic mass is 16.5. The van der Waals surface area contributed by atoms with Gasteiger partial charge < -0.3 is 14.7 Å². The number of rotatable bonds is 5. The van der Waals surface area contributed by atoms with Gasteiger partial charge in [0.25, 0.3) is 0 Å². The van der Waals surface area contributed by atoms with Crippen molar-refractivity contribution in [2.24, 2.45) is 5.92 Å². The number of hydrogen-bond acceptors (Lipinski definition) is 4. The van der Waals surface area contributed by atoms with E-state index in [4.69, 9.17) is 9.84 Å². The van der Waals surface area contributed by atoms with Gasteiger partial charge in [-0.2, -0.15) is 0 Å². The van der Waals surface area contributed by atoms with Gasteiger partial charge in [0.1, 0.15) is 5.75 Å². The molecule has 1 aliphatic heterocycles. The fraction of sp³-hybridized carbons (Fsp3) is 0.562. The predicted molar refractivity (Wildman–Crippen MR) is 81.9 cm³/mol. The number of likely N-dealkylation sites (tertiary alicyclic amines) is 1. The van der Waals surface area contributed by atoms with Crippen LogP contribution in [0.1, 0.15) is 22.8 Å². The molecular weight excluding hydrogens is 268 g/mol. The fourth-order valence-electron chi connectivity index (χ4n) is 3.13. The Balaban J connectivity index is 2.15. The SMILES string of the molecule is COc1ccc(C(=O)O)cc1CN1CC(C)C(N(C)C)C1. The van der Waals surface area contributed by atoms with Gasteiger partial charge in [0.05, 0.1) is 12.7 Å². The molecule has 2 rings (SSSR count). The highest BCUT2D eigenvalue weighted by molar-refractivity contribution is 5.88. The van der Waals surface area contributed by atoms with Crippen molar-refractivity contribution in [3.8, 4) is 5.75 Å². The van der Waals surface area contributed by atoms with Crippen LogP contribution in [0.5, 0.6) is 5.75 Å². The summed E-state index contributed by atoms with van der Waals surface area (Å²) in [6.45, 7) is 4.99. The number of ether oxygens (including phenoxy) is 1. The summed E-state index contributed by atoms with van der Waals surface area (Å²) in [4.78, 5) is 15.7. The summed E-state index contributed by atoms with van der Waals surface area (Å²) in [6, 6.07) is 5.58. The molecule has 0 aliphatic carbocycles. The molecule has 1 heterocycles. The van der Waals surface area contributed by atoms with Crippen molar-refractivity contribution < 1.29 is 14.6 Å². The Labute approximate surface area is 126 Å². The van der Waals surface area contributed by atoms with E-state index < -0.39 is 5.97 Å². The second-order valence-electron chi connectivity index (χ2n) is 6.03. The molecule has 5 heteroatoms. The van der Waals surface area contributed by atoms with Crippen LogP contribution in [0.4, 0.5) is 0 Å². The van der Waals surface area contributed by atoms with Gasteiger partial charge in [0.2, 0.25) is 0 Å². The molecule has 0 aromatic heterocycles. The van der Waals surface area contributed by atoms with Crippen LogP contribution < -0.4 is 4.74 Å². The standard InChI is InChI=1S/C16H24N2O3/c1-11-8-18(10-14(11)17(2)3)9-13-7-12(16(19)20)5-6-15(13)21-4/h5-7,11,14H,8-10H2,1-4H3,(H,19,20). The van der Waals surface area contributed by atoms with Crippen LogP contribution in [0.15, 0.2) is 18.2 Å². The number of carboxylic acids is 1. The van der Waals surface area contributed by atoms with Crippen LogP contribution in [-0.4, -0.2) is 61.2 Å². The normalized spacial score (nSPS) is 22.7. The molecule has 1 saturated heterocycles. The van der Waals surface area contributed by atoms with E-state index in [9.17, 15) is 4.79 Å². The van der Waals surface area contributed by atoms with Crippen LogP contribution >= 0.6 is 0 Å². The van der Waals surface area contributed by atoms with E-state index in [-0.39, 0.29) is 0 Å². The van der Waals surface area contributed by atoms with Crippen LogP contribution in [-0.2, 0) is 6.54 Å². The van der Waals surface area contributed by atoms with Crippen LogP contribution in [0.2, 0.25) is 0 Å². The molecule has 1 N–H and O–H groups in total. The van der Waals surface area contributed by atoms with Crippen molar-refractivity contribution in [2.75, 3.05) is 34.3 Å². The topological polar surface area (TPSA) is 53.0 Å². The first-order valence-corrected chi connectivity index (χ1v) is 7.21. The number of methoxy groups -OCH3 is 1. The lowest BCUT2D eigenvalue weighted by molar-refractivity contribution is 0.0696. The van der Waals surface area contributed by atoms with Crippen molar-refractivity contribution in [1.82, 2.24) is 9.80 Å². The number of benzene rings is 1. The third-order valence-corrected chi connectivity index (χ3v) is 4.23. The van der Waals surface area contributed by atoms with Gasteiger partial charge in [-0.3, -0.25) is 4.90 Å². The molecule has 0 saturated carbocycles. The Morgan fingerprint density at radius 1 is 1.43 bits per heavy atom. The molecule has 1 fully saturated rings. The summed E-state index contributed by atoms with van der Waals surface area (Å²) >= 11 is 0. The van der Waals surface area contributed by atoms with E-state index in [1.54, 1.807) is 25.3 Å². The Kier molecular flexibility index (Phi) is 4.85. The molecule has 0 bridgehead atoms. The van der Waals surface area contributed by atoms with Crippen LogP contribution in [0, 0.1) is 5.92 Å². The summed E-state index contributed by atoms with van der Waals surface area (Å²) in [5.74, 6) is 0.453. The van der Waals surface area contributed by atoms with Crippen molar-refractivity contribution in [1.29, 1.82) is 0 Å². The zero-order valence-electron chi connectivity index (χ0n) is 13.2. The molecule has 5 nitrogen and oxygen atoms in total. The molecule has 1 aromatic carbocycles. The Morgan fingerprint density at radius 2 is 2.14 bits per heavy atom. The van der Waals surface area contributed by atoms with Gasteiger partial charge in [-0.05, 0) is 38.2 Å². The van der Waals surface area contributed by atoms with E-state index in [1.165, 1.54) is 0 Å². The highest BCUT2D eigenvalue weighted by Gasteiger charge is 2.31. The molecule has 2 unspecified atom stereocenters. The van der Waals surface area contributed by atoms with Gasteiger partial charge in [0, 0.05) is 31.2 Å². The first kappa shape index (κ1) is 15.8. The second kappa shape index (κ2) is 6.45. The largest absolute Gasteiger partial charge is 0.496 e. The second-order valence-corrected chi connectivity index (χ2v) is 6.03. The van der Waals surface area contributed by atoms with Gasteiger partial charge >= 0.3 is 5.97 Å². The lowest BCUT2D eigenvalue weighted by atomic mass is 10.1. The average Bonchev–Trinajstić information content (AvgIpc) is 2.79. The number of carbonyl (C=O) groups is 1. The van der Waals surface area contributed by atoms with E-state index in [0.29, 0.717) is 17.5 Å². The minimum absolute atomic E-state index is 0.308. The van der Waals surface area contributed by atoms with Crippen molar-refractivity contribution >= 4 is 5.97 Å². The predicted octanol–water partition coefficient (Wildman–Crippen LogP) is 1.78. The van der Waals surface area contributed by atoms with E-state index in [0.717, 1.165) is 30.9 Å². The monoisotopic (exact) mass is 292 g/mol. The molecule has 0 amide bonds. The Morgan fingerprint density at radius 3 is 2.67 bits per heavy atom. The zero-order valence-corrected chi connectivity index (χ0v) is 13.2. The molecule has 1 aromatic rings. The first-order valence-electron chi connectivity index (χ1n) is 7.21. The van der Waals surface area contributed by atoms with Gasteiger partial charge in [-0.1, -0.05) is 6.92 Å². The average molecular weight is 292 g/mol. The summed E-state index contributed by atoms with van der Waals surface area (Å²) in [5, 5.41) is 9.13. The molecule has 116 valence electrons. The van der Waals surface area contributed by atoms with Crippen molar-refractivity contribution in [3.05, 3.63) is 29.3 Å². The lowest BCUT2D eigenvalue weighted by Crippen LogP contribution is -2.34. The minimum atomic E-state index is -0.903. The molecular formula is C16H24N2O3. The van der Waals surface area contributed by atoms with E-state index in [1.807, 2.05) is 0 Å². The van der Waals surface area contributed by atoms with E-state index >= 15 is 0 Å². The maximum atomic E-state index is 11.1. The molecule has 21 heavy (non-hydrogen) atoms. The van der Waals surface area contributed by atoms with Crippen LogP contribution in [0.25, 0.3) is 0 Å². The van der Waals surface area contributed by atoms with Crippen molar-refractivity contribution in [3.63, 3.8) is 0 Å². The van der Waals surface area contributed by atoms with Gasteiger partial charge in [-0.15, -0.1) is 0 Å². The third-order valence-electron chi connectivity index (χ3n) is 4.23. The molecule has 1 aliphatic rings. The van der Waals surface area contributed by atoms with E-state index in [2.05, 4.69) is 30.8 Å². The van der Waals surface area contributed by atoms with Gasteiger partial charge in [0.15, 0.2) is 0 Å². The fourth-order valence-corrected chi connectivity index (χ4v) is 3.13. The summed E-state index contributed by atoms with van der Waals surface area (Å²) in [7, 11) is 5.83. The Hall–Kier alpha value is -1.59. The first-order chi connectivity index (χ1) is 9.92. The summed E-state index contributed by atoms with van der Waals surface area (Å²) in [5.41, 5.74) is 1.24. The molecule has 0 radical (unpaired) electrons. The number of aromatic carboxylic acids is 1. The maximum absolute atomic E-state index is 11.1. The van der Waals surface area contributed by atoms with Gasteiger partial charge in [-0.25, -0.2) is 4.79 Å². The molecule has 2 atom stereocenters. The number of hydrogen-bond donors (Lipinski definition) is 1. The zero-order chi connectivity index (χ0) is 15.6.